The second-order valence-electron chi connectivity index (χ2n) is 5.57. The van der Waals surface area contributed by atoms with E-state index >= 15 is 0 Å². The van der Waals surface area contributed by atoms with Crippen molar-refractivity contribution >= 4 is 27.4 Å². The number of benzene rings is 3. The lowest BCUT2D eigenvalue weighted by Gasteiger charge is -2.11. The highest BCUT2D eigenvalue weighted by atomic mass is 16.3. The third kappa shape index (κ3) is 2.25. The lowest BCUT2D eigenvalue weighted by molar-refractivity contribution is 0.514. The fourth-order valence-corrected chi connectivity index (χ4v) is 3.01. The van der Waals surface area contributed by atoms with Gasteiger partial charge in [0.2, 0.25) is 0 Å². The highest BCUT2D eigenvalue weighted by molar-refractivity contribution is 6.04. The van der Waals surface area contributed by atoms with Crippen LogP contribution >= 0.6 is 0 Å². The number of hydrogen-bond donors (Lipinski definition) is 1. The molecule has 110 valence electrons. The molecule has 0 bridgehead atoms. The molecule has 0 aliphatic carbocycles. The van der Waals surface area contributed by atoms with Gasteiger partial charge in [-0.1, -0.05) is 61.2 Å². The van der Waals surface area contributed by atoms with Crippen molar-refractivity contribution in [1.29, 1.82) is 0 Å². The summed E-state index contributed by atoms with van der Waals surface area (Å²) in [4.78, 5) is 4.55. The summed E-state index contributed by atoms with van der Waals surface area (Å²) >= 11 is 0. The number of aliphatic hydroxyl groups is 1. The van der Waals surface area contributed by atoms with Gasteiger partial charge in [-0.05, 0) is 28.5 Å². The summed E-state index contributed by atoms with van der Waals surface area (Å²) < 4.78 is 0. The van der Waals surface area contributed by atoms with Crippen molar-refractivity contribution in [3.8, 4) is 11.1 Å². The summed E-state index contributed by atoms with van der Waals surface area (Å²) in [5.74, 6) is 0.0812. The van der Waals surface area contributed by atoms with Gasteiger partial charge in [0.25, 0.3) is 0 Å². The SMILES string of the molecule is C=C(O)c1ccc2cccc(-c3cccc4cccnc34)c2c1. The monoisotopic (exact) mass is 297 g/mol. The topological polar surface area (TPSA) is 33.1 Å². The van der Waals surface area contributed by atoms with E-state index in [2.05, 4.69) is 41.9 Å². The van der Waals surface area contributed by atoms with Crippen molar-refractivity contribution < 1.29 is 5.11 Å². The number of aromatic nitrogens is 1. The molecule has 1 N–H and O–H groups in total. The Bertz CT molecular complexity index is 1040. The Balaban J connectivity index is 2.08. The first-order valence-corrected chi connectivity index (χ1v) is 7.49. The van der Waals surface area contributed by atoms with E-state index < -0.39 is 0 Å². The van der Waals surface area contributed by atoms with Crippen LogP contribution in [-0.2, 0) is 0 Å². The predicted molar refractivity (Wildman–Crippen MR) is 96.3 cm³/mol. The number of pyridine rings is 1. The first-order chi connectivity index (χ1) is 11.2. The van der Waals surface area contributed by atoms with Crippen LogP contribution in [0, 0.1) is 0 Å². The molecule has 0 aliphatic rings. The lowest BCUT2D eigenvalue weighted by atomic mass is 9.95. The third-order valence-electron chi connectivity index (χ3n) is 4.14. The maximum absolute atomic E-state index is 9.71. The van der Waals surface area contributed by atoms with E-state index in [0.717, 1.165) is 38.4 Å². The molecule has 4 rings (SSSR count). The minimum atomic E-state index is 0.0812. The number of aliphatic hydroxyl groups excluding tert-OH is 1. The molecule has 0 atom stereocenters. The quantitative estimate of drug-likeness (QED) is 0.490. The highest BCUT2D eigenvalue weighted by Gasteiger charge is 2.09. The van der Waals surface area contributed by atoms with Gasteiger partial charge < -0.3 is 5.11 Å². The largest absolute Gasteiger partial charge is 0.508 e. The van der Waals surface area contributed by atoms with Gasteiger partial charge in [-0.15, -0.1) is 0 Å². The van der Waals surface area contributed by atoms with Gasteiger partial charge in [0.05, 0.1) is 5.52 Å². The smallest absolute Gasteiger partial charge is 0.115 e. The minimum Gasteiger partial charge on any atom is -0.508 e. The van der Waals surface area contributed by atoms with Crippen LogP contribution in [0.15, 0.2) is 79.5 Å². The van der Waals surface area contributed by atoms with Crippen molar-refractivity contribution in [2.24, 2.45) is 0 Å². The number of fused-ring (bicyclic) bond motifs is 2. The zero-order valence-corrected chi connectivity index (χ0v) is 12.5. The average Bonchev–Trinajstić information content (AvgIpc) is 2.60. The Labute approximate surface area is 134 Å². The van der Waals surface area contributed by atoms with Crippen LogP contribution in [0.4, 0.5) is 0 Å². The van der Waals surface area contributed by atoms with Gasteiger partial charge in [0.1, 0.15) is 5.76 Å². The Morgan fingerprint density at radius 3 is 2.39 bits per heavy atom. The maximum Gasteiger partial charge on any atom is 0.115 e. The second-order valence-corrected chi connectivity index (χ2v) is 5.57. The highest BCUT2D eigenvalue weighted by Crippen LogP contribution is 2.33. The molecule has 0 unspecified atom stereocenters. The third-order valence-corrected chi connectivity index (χ3v) is 4.14. The van der Waals surface area contributed by atoms with Gasteiger partial charge in [-0.3, -0.25) is 4.98 Å². The number of hydrogen-bond acceptors (Lipinski definition) is 2. The molecule has 0 saturated heterocycles. The fraction of sp³-hybridized carbons (Fsp3) is 0. The summed E-state index contributed by atoms with van der Waals surface area (Å²) in [5, 5.41) is 13.0. The zero-order chi connectivity index (χ0) is 15.8. The normalized spacial score (nSPS) is 11.0. The summed E-state index contributed by atoms with van der Waals surface area (Å²) in [6.45, 7) is 3.63. The second kappa shape index (κ2) is 5.25. The molecule has 23 heavy (non-hydrogen) atoms. The average molecular weight is 297 g/mol. The van der Waals surface area contributed by atoms with E-state index in [1.807, 2.05) is 42.6 Å². The van der Waals surface area contributed by atoms with E-state index in [4.69, 9.17) is 0 Å². The summed E-state index contributed by atoms with van der Waals surface area (Å²) in [7, 11) is 0. The van der Waals surface area contributed by atoms with Crippen LogP contribution < -0.4 is 0 Å². The van der Waals surface area contributed by atoms with Crippen molar-refractivity contribution in [3.63, 3.8) is 0 Å². The summed E-state index contributed by atoms with van der Waals surface area (Å²) in [6, 6.07) is 22.3. The Morgan fingerprint density at radius 1 is 0.826 bits per heavy atom. The lowest BCUT2D eigenvalue weighted by Crippen LogP contribution is -1.88. The van der Waals surface area contributed by atoms with E-state index in [-0.39, 0.29) is 5.76 Å². The Morgan fingerprint density at radius 2 is 1.57 bits per heavy atom. The minimum absolute atomic E-state index is 0.0812. The van der Waals surface area contributed by atoms with E-state index in [1.54, 1.807) is 0 Å². The molecular formula is C21H15NO. The molecule has 2 nitrogen and oxygen atoms in total. The predicted octanol–water partition coefficient (Wildman–Crippen LogP) is 5.58. The molecular weight excluding hydrogens is 282 g/mol. The van der Waals surface area contributed by atoms with Crippen molar-refractivity contribution in [2.75, 3.05) is 0 Å². The van der Waals surface area contributed by atoms with Crippen LogP contribution in [-0.4, -0.2) is 10.1 Å². The van der Waals surface area contributed by atoms with Crippen molar-refractivity contribution in [3.05, 3.63) is 85.1 Å². The molecule has 0 fully saturated rings. The first-order valence-electron chi connectivity index (χ1n) is 7.49. The molecule has 0 spiro atoms. The fourth-order valence-electron chi connectivity index (χ4n) is 3.01. The molecule has 1 heterocycles. The van der Waals surface area contributed by atoms with Crippen LogP contribution in [0.3, 0.4) is 0 Å². The Kier molecular flexibility index (Phi) is 3.09. The standard InChI is InChI=1S/C21H15NO/c1-14(23)17-11-10-15-5-2-8-18(20(15)13-17)19-9-3-6-16-7-4-12-22-21(16)19/h2-13,23H,1H2. The van der Waals surface area contributed by atoms with Crippen molar-refractivity contribution in [2.45, 2.75) is 0 Å². The van der Waals surface area contributed by atoms with Gasteiger partial charge in [0.15, 0.2) is 0 Å². The van der Waals surface area contributed by atoms with Gasteiger partial charge in [-0.2, -0.15) is 0 Å². The van der Waals surface area contributed by atoms with Gasteiger partial charge in [0, 0.05) is 22.7 Å². The molecule has 1 aromatic heterocycles. The number of para-hydroxylation sites is 1. The van der Waals surface area contributed by atoms with Crippen molar-refractivity contribution in [1.82, 2.24) is 4.98 Å². The number of nitrogens with zero attached hydrogens (tertiary/aromatic N) is 1. The van der Waals surface area contributed by atoms with Crippen LogP contribution in [0.5, 0.6) is 0 Å². The Hall–Kier alpha value is -3.13. The summed E-state index contributed by atoms with van der Waals surface area (Å²) in [5.41, 5.74) is 3.91. The molecule has 0 amide bonds. The maximum atomic E-state index is 9.71. The van der Waals surface area contributed by atoms with Crippen LogP contribution in [0.1, 0.15) is 5.56 Å². The van der Waals surface area contributed by atoms with E-state index in [1.165, 1.54) is 0 Å². The van der Waals surface area contributed by atoms with Crippen LogP contribution in [0.2, 0.25) is 0 Å². The number of rotatable bonds is 2. The molecule has 0 radical (unpaired) electrons. The molecule has 3 aromatic carbocycles. The molecule has 0 aliphatic heterocycles. The molecule has 4 aromatic rings. The van der Waals surface area contributed by atoms with Gasteiger partial charge in [-0.25, -0.2) is 0 Å². The molecule has 2 heteroatoms. The summed E-state index contributed by atoms with van der Waals surface area (Å²) in [6.07, 6.45) is 1.82. The zero-order valence-electron chi connectivity index (χ0n) is 12.5. The van der Waals surface area contributed by atoms with Crippen LogP contribution in [0.25, 0.3) is 38.6 Å². The van der Waals surface area contributed by atoms with E-state index in [0.29, 0.717) is 0 Å². The van der Waals surface area contributed by atoms with Gasteiger partial charge >= 0.3 is 0 Å². The molecule has 0 saturated carbocycles. The first kappa shape index (κ1) is 13.5. The van der Waals surface area contributed by atoms with E-state index in [9.17, 15) is 5.11 Å².